The molecule has 48 valence electrons. The van der Waals surface area contributed by atoms with Gasteiger partial charge in [-0.05, 0) is 0 Å². The summed E-state index contributed by atoms with van der Waals surface area (Å²) in [7, 11) is -6.00. The number of hydrogen-bond donors (Lipinski definition) is 0. The third kappa shape index (κ3) is 27900. The second-order valence-electron chi connectivity index (χ2n) is 0.613. The van der Waals surface area contributed by atoms with Crippen molar-refractivity contribution in [2.24, 2.45) is 0 Å². The van der Waals surface area contributed by atoms with Crippen molar-refractivity contribution in [1.82, 2.24) is 0 Å². The third-order valence-corrected chi connectivity index (χ3v) is 0. The molecule has 0 nitrogen and oxygen atoms in total. The fourth-order valence-corrected chi connectivity index (χ4v) is 0. The Morgan fingerprint density at radius 2 is 1.25 bits per heavy atom. The van der Waals surface area contributed by atoms with Crippen LogP contribution < -0.4 is 22.6 Å². The van der Waals surface area contributed by atoms with E-state index in [2.05, 4.69) is 10.4 Å². The monoisotopic (exact) mass is 240 g/mol. The Bertz CT molecular complexity index is 75.0. The van der Waals surface area contributed by atoms with Crippen molar-refractivity contribution in [3.63, 3.8) is 0 Å². The van der Waals surface area contributed by atoms with Crippen molar-refractivity contribution < 1.29 is 39.9 Å². The lowest BCUT2D eigenvalue weighted by Crippen LogP contribution is -3.31. The van der Waals surface area contributed by atoms with Gasteiger partial charge in [-0.3, -0.25) is 0 Å². The normalized spacial score (nSPS) is 8.50. The molecule has 0 aromatic heterocycles. The van der Waals surface area contributed by atoms with Gasteiger partial charge in [0.25, 0.3) is 0 Å². The summed E-state index contributed by atoms with van der Waals surface area (Å²) in [6, 6.07) is 0. The molecule has 0 spiro atoms. The lowest BCUT2D eigenvalue weighted by molar-refractivity contribution is -0.247. The first-order valence-corrected chi connectivity index (χ1v) is 2.53. The molecule has 0 amide bonds. The van der Waals surface area contributed by atoms with E-state index in [0.717, 1.165) is 0 Å². The van der Waals surface area contributed by atoms with Crippen LogP contribution in [0.15, 0.2) is 0 Å². The second kappa shape index (κ2) is 5.22. The Morgan fingerprint density at radius 3 is 1.25 bits per heavy atom. The van der Waals surface area contributed by atoms with Crippen molar-refractivity contribution in [3.8, 4) is 10.4 Å². The fourth-order valence-electron chi connectivity index (χ4n) is 0. The Labute approximate surface area is 57.9 Å². The zero-order valence-corrected chi connectivity index (χ0v) is 5.91. The lowest BCUT2D eigenvalue weighted by Gasteiger charge is -1.94. The summed E-state index contributed by atoms with van der Waals surface area (Å²) in [6.07, 6.45) is 4.60. The van der Waals surface area contributed by atoms with Crippen LogP contribution in [0.4, 0.5) is 17.3 Å². The van der Waals surface area contributed by atoms with E-state index in [4.69, 9.17) is 0 Å². The molecule has 0 N–H and O–H groups in total. The predicted octanol–water partition coefficient (Wildman–Crippen LogP) is -1.84. The molecule has 0 atom stereocenters. The minimum atomic E-state index is -6.00. The average Bonchev–Trinajstić information content (AvgIpc) is 1.27. The molecule has 0 saturated heterocycles. The second-order valence-corrected chi connectivity index (χ2v) is 1.29. The smallest absolute Gasteiger partial charge is 0.418 e. The number of terminal acetylenes is 1. The summed E-state index contributed by atoms with van der Waals surface area (Å²) in [4.78, 5) is 0. The maximum absolute atomic E-state index is 9.75. The van der Waals surface area contributed by atoms with Gasteiger partial charge in [-0.25, -0.2) is 0 Å². The summed E-state index contributed by atoms with van der Waals surface area (Å²) >= 11 is 1.60. The van der Waals surface area contributed by atoms with Gasteiger partial charge in [0, 0.05) is 0 Å². The summed E-state index contributed by atoms with van der Waals surface area (Å²) in [5.74, 6) is 0. The highest BCUT2D eigenvalue weighted by atomic mass is 127. The largest absolute Gasteiger partial charge is 0.673 e. The van der Waals surface area contributed by atoms with Crippen molar-refractivity contribution in [2.45, 2.75) is 0 Å². The molecule has 6 heteroatoms. The molecule has 8 heavy (non-hydrogen) atoms. The van der Waals surface area contributed by atoms with Gasteiger partial charge in [-0.2, -0.15) is 0 Å². The molecule has 0 aromatic rings. The quantitative estimate of drug-likeness (QED) is 0.202. The van der Waals surface area contributed by atoms with Gasteiger partial charge < -0.3 is 17.3 Å². The number of halogens is 5. The van der Waals surface area contributed by atoms with E-state index in [0.29, 0.717) is 0 Å². The Kier molecular flexibility index (Phi) is 7.14. The first-order valence-electron chi connectivity index (χ1n) is 1.37. The van der Waals surface area contributed by atoms with Crippen LogP contribution in [0, 0.1) is 10.4 Å². The minimum Gasteiger partial charge on any atom is -0.418 e. The van der Waals surface area contributed by atoms with E-state index in [1.807, 2.05) is 0 Å². The Balaban J connectivity index is 0. The van der Waals surface area contributed by atoms with Crippen LogP contribution in [0.25, 0.3) is 0 Å². The zero-order valence-electron chi connectivity index (χ0n) is 3.57. The van der Waals surface area contributed by atoms with Crippen LogP contribution in [0.5, 0.6) is 0 Å². The van der Waals surface area contributed by atoms with Crippen LogP contribution in [0.3, 0.4) is 0 Å². The van der Waals surface area contributed by atoms with Gasteiger partial charge in [0.2, 0.25) is 0 Å². The SMILES string of the molecule is C#C[IH+].F[B-](F)(F)F. The van der Waals surface area contributed by atoms with Crippen LogP contribution in [0.2, 0.25) is 0 Å². The van der Waals surface area contributed by atoms with Gasteiger partial charge in [-0.15, -0.1) is 0 Å². The van der Waals surface area contributed by atoms with E-state index >= 15 is 0 Å². The van der Waals surface area contributed by atoms with E-state index in [-0.39, 0.29) is 0 Å². The molecule has 0 unspecified atom stereocenters. The maximum Gasteiger partial charge on any atom is 0.673 e. The van der Waals surface area contributed by atoms with Crippen LogP contribution in [0.1, 0.15) is 0 Å². The van der Waals surface area contributed by atoms with E-state index < -0.39 is 7.25 Å². The van der Waals surface area contributed by atoms with Crippen LogP contribution in [-0.4, -0.2) is 7.25 Å². The minimum absolute atomic E-state index is 1.60. The Morgan fingerprint density at radius 1 is 1.25 bits per heavy atom. The summed E-state index contributed by atoms with van der Waals surface area (Å²) in [5.41, 5.74) is 0. The summed E-state index contributed by atoms with van der Waals surface area (Å²) in [5, 5.41) is 0. The number of hydrogen-bond acceptors (Lipinski definition) is 0. The van der Waals surface area contributed by atoms with Crippen LogP contribution in [-0.2, 0) is 0 Å². The van der Waals surface area contributed by atoms with E-state index in [1.165, 1.54) is 0 Å². The van der Waals surface area contributed by atoms with Gasteiger partial charge >= 0.3 is 29.8 Å². The first-order chi connectivity index (χ1) is 3.41. The first kappa shape index (κ1) is 11.0. The van der Waals surface area contributed by atoms with Crippen molar-refractivity contribution >= 4 is 7.25 Å². The zero-order chi connectivity index (χ0) is 7.21. The topological polar surface area (TPSA) is 0 Å². The van der Waals surface area contributed by atoms with Crippen molar-refractivity contribution in [3.05, 3.63) is 0 Å². The molecule has 0 saturated carbocycles. The van der Waals surface area contributed by atoms with E-state index in [1.54, 1.807) is 22.6 Å². The molecule has 0 radical (unpaired) electrons. The van der Waals surface area contributed by atoms with Gasteiger partial charge in [0.1, 0.15) is 0 Å². The molecule has 0 aromatic carbocycles. The average molecular weight is 240 g/mol. The molecule has 0 aliphatic rings. The molecule has 0 heterocycles. The van der Waals surface area contributed by atoms with Gasteiger partial charge in [0.05, 0.1) is 0 Å². The third-order valence-electron chi connectivity index (χ3n) is 0. The highest BCUT2D eigenvalue weighted by Crippen LogP contribution is 2.06. The van der Waals surface area contributed by atoms with Crippen molar-refractivity contribution in [2.75, 3.05) is 0 Å². The molecule has 0 fully saturated rings. The highest BCUT2D eigenvalue weighted by Gasteiger charge is 2.20. The van der Waals surface area contributed by atoms with Gasteiger partial charge in [-0.1, -0.05) is 6.42 Å². The standard InChI is InChI=1S/C2H2I.BF4/c1-2-3;2-1(3,4)5/h1,3H;/q+1;-1. The lowest BCUT2D eigenvalue weighted by atomic mass is 10.3. The maximum atomic E-state index is 9.75. The van der Waals surface area contributed by atoms with Crippen molar-refractivity contribution in [1.29, 1.82) is 0 Å². The van der Waals surface area contributed by atoms with Gasteiger partial charge in [0.15, 0.2) is 3.93 Å². The number of rotatable bonds is 0. The van der Waals surface area contributed by atoms with E-state index in [9.17, 15) is 17.3 Å². The molecule has 0 aliphatic heterocycles. The summed E-state index contributed by atoms with van der Waals surface area (Å²) < 4.78 is 41.3. The predicted molar refractivity (Wildman–Crippen MR) is 20.4 cm³/mol. The molecular weight excluding hydrogens is 238 g/mol. The Hall–Kier alpha value is 0.0749. The fraction of sp³-hybridized carbons (Fsp3) is 0. The highest BCUT2D eigenvalue weighted by molar-refractivity contribution is 6.50. The molecule has 0 aliphatic carbocycles. The molecule has 0 bridgehead atoms. The molecular formula is C2H2BF4I. The molecule has 0 rings (SSSR count). The van der Waals surface area contributed by atoms with Crippen LogP contribution >= 0.6 is 0 Å². The summed E-state index contributed by atoms with van der Waals surface area (Å²) in [6.45, 7) is 0.